The highest BCUT2D eigenvalue weighted by molar-refractivity contribution is 7.90. The van der Waals surface area contributed by atoms with Crippen LogP contribution in [0.25, 0.3) is 0 Å². The first-order valence-corrected chi connectivity index (χ1v) is 8.36. The fraction of sp³-hybridized carbons (Fsp3) is 0.571. The van der Waals surface area contributed by atoms with Crippen LogP contribution < -0.4 is 9.62 Å². The minimum atomic E-state index is -3.44. The number of hydrogen-bond donors (Lipinski definition) is 1. The number of fused-ring (bicyclic) bond motifs is 1. The third-order valence-corrected chi connectivity index (χ3v) is 5.71. The summed E-state index contributed by atoms with van der Waals surface area (Å²) in [6.45, 7) is 3.29. The van der Waals surface area contributed by atoms with E-state index in [1.54, 1.807) is 11.4 Å². The van der Waals surface area contributed by atoms with Crippen molar-refractivity contribution in [2.75, 3.05) is 31.5 Å². The van der Waals surface area contributed by atoms with Crippen molar-refractivity contribution < 1.29 is 8.42 Å². The van der Waals surface area contributed by atoms with Gasteiger partial charge in [0.2, 0.25) is 0 Å². The molecular formula is C14H23N3O2S. The van der Waals surface area contributed by atoms with E-state index in [0.29, 0.717) is 6.54 Å². The summed E-state index contributed by atoms with van der Waals surface area (Å²) in [5, 5.41) is 3.03. The Morgan fingerprint density at radius 2 is 2.10 bits per heavy atom. The summed E-state index contributed by atoms with van der Waals surface area (Å²) < 4.78 is 28.5. The van der Waals surface area contributed by atoms with E-state index in [9.17, 15) is 8.42 Å². The smallest absolute Gasteiger partial charge is 0.304 e. The van der Waals surface area contributed by atoms with Crippen LogP contribution in [0, 0.1) is 0 Å². The van der Waals surface area contributed by atoms with Gasteiger partial charge < -0.3 is 5.32 Å². The lowest BCUT2D eigenvalue weighted by Gasteiger charge is -2.29. The molecule has 0 amide bonds. The van der Waals surface area contributed by atoms with Gasteiger partial charge in [-0.05, 0) is 45.0 Å². The first kappa shape index (κ1) is 15.3. The summed E-state index contributed by atoms with van der Waals surface area (Å²) in [6.07, 6.45) is 1.58. The van der Waals surface area contributed by atoms with Crippen molar-refractivity contribution in [2.24, 2.45) is 0 Å². The van der Waals surface area contributed by atoms with Crippen molar-refractivity contribution in [3.63, 3.8) is 0 Å². The first-order valence-electron chi connectivity index (χ1n) is 6.96. The Morgan fingerprint density at radius 1 is 1.40 bits per heavy atom. The molecule has 0 radical (unpaired) electrons. The fourth-order valence-electron chi connectivity index (χ4n) is 2.63. The van der Waals surface area contributed by atoms with Gasteiger partial charge in [0.25, 0.3) is 0 Å². The summed E-state index contributed by atoms with van der Waals surface area (Å²) in [7, 11) is 0.0769. The van der Waals surface area contributed by atoms with Crippen molar-refractivity contribution in [3.05, 3.63) is 29.8 Å². The predicted molar refractivity (Wildman–Crippen MR) is 82.2 cm³/mol. The van der Waals surface area contributed by atoms with Gasteiger partial charge in [-0.1, -0.05) is 18.2 Å². The number of rotatable bonds is 6. The zero-order valence-electron chi connectivity index (χ0n) is 12.3. The largest absolute Gasteiger partial charge is 0.320 e. The minimum absolute atomic E-state index is 0.0239. The molecule has 112 valence electrons. The van der Waals surface area contributed by atoms with Gasteiger partial charge in [0, 0.05) is 19.6 Å². The van der Waals surface area contributed by atoms with Crippen molar-refractivity contribution in [3.8, 4) is 0 Å². The Balaban J connectivity index is 2.21. The maximum atomic E-state index is 12.7. The van der Waals surface area contributed by atoms with E-state index in [-0.39, 0.29) is 6.04 Å². The Hall–Kier alpha value is -1.11. The lowest BCUT2D eigenvalue weighted by Crippen LogP contribution is -2.45. The summed E-state index contributed by atoms with van der Waals surface area (Å²) in [6, 6.07) is 7.71. The fourth-order valence-corrected chi connectivity index (χ4v) is 4.25. The Labute approximate surface area is 121 Å². The molecule has 0 aromatic heterocycles. The summed E-state index contributed by atoms with van der Waals surface area (Å²) in [5.74, 6) is 0. The number of nitrogens with one attached hydrogen (secondary N) is 1. The van der Waals surface area contributed by atoms with Crippen LogP contribution >= 0.6 is 0 Å². The molecule has 5 nitrogen and oxygen atoms in total. The second-order valence-corrected chi connectivity index (χ2v) is 7.18. The highest BCUT2D eigenvalue weighted by Crippen LogP contribution is 2.34. The van der Waals surface area contributed by atoms with E-state index >= 15 is 0 Å². The predicted octanol–water partition coefficient (Wildman–Crippen LogP) is 1.22. The lowest BCUT2D eigenvalue weighted by molar-refractivity contribution is 0.452. The summed E-state index contributed by atoms with van der Waals surface area (Å²) in [5.41, 5.74) is 1.92. The van der Waals surface area contributed by atoms with E-state index in [0.717, 1.165) is 30.6 Å². The van der Waals surface area contributed by atoms with Crippen LogP contribution in [-0.4, -0.2) is 45.9 Å². The molecule has 6 heteroatoms. The molecule has 0 fully saturated rings. The quantitative estimate of drug-likeness (QED) is 0.803. The second-order valence-electron chi connectivity index (χ2n) is 5.26. The van der Waals surface area contributed by atoms with Crippen LogP contribution in [0.2, 0.25) is 0 Å². The van der Waals surface area contributed by atoms with Crippen LogP contribution in [0.5, 0.6) is 0 Å². The van der Waals surface area contributed by atoms with Crippen LogP contribution in [0.3, 0.4) is 0 Å². The number of nitrogens with zero attached hydrogens (tertiary/aromatic N) is 2. The van der Waals surface area contributed by atoms with Crippen molar-refractivity contribution >= 4 is 15.9 Å². The third-order valence-electron chi connectivity index (χ3n) is 3.69. The first-order chi connectivity index (χ1) is 9.48. The van der Waals surface area contributed by atoms with E-state index < -0.39 is 10.2 Å². The van der Waals surface area contributed by atoms with E-state index in [4.69, 9.17) is 0 Å². The number of anilines is 1. The lowest BCUT2D eigenvalue weighted by atomic mass is 10.1. The molecule has 1 aromatic carbocycles. The molecule has 1 N–H and O–H groups in total. The SMILES string of the molecule is CNCCCN(C)S(=O)(=O)N1c2ccccc2CC1C. The number of hydrogen-bond acceptors (Lipinski definition) is 3. The molecule has 0 spiro atoms. The van der Waals surface area contributed by atoms with Gasteiger partial charge in [0.1, 0.15) is 0 Å². The number of para-hydroxylation sites is 1. The molecule has 20 heavy (non-hydrogen) atoms. The zero-order chi connectivity index (χ0) is 14.8. The average Bonchev–Trinajstić information content (AvgIpc) is 2.75. The molecule has 1 aromatic rings. The van der Waals surface area contributed by atoms with Gasteiger partial charge in [-0.3, -0.25) is 4.31 Å². The highest BCUT2D eigenvalue weighted by Gasteiger charge is 2.36. The van der Waals surface area contributed by atoms with Crippen LogP contribution in [0.15, 0.2) is 24.3 Å². The van der Waals surface area contributed by atoms with Gasteiger partial charge >= 0.3 is 10.2 Å². The average molecular weight is 297 g/mol. The van der Waals surface area contributed by atoms with Gasteiger partial charge in [-0.15, -0.1) is 0 Å². The molecule has 1 aliphatic heterocycles. The molecule has 0 saturated carbocycles. The van der Waals surface area contributed by atoms with Crippen molar-refractivity contribution in [1.82, 2.24) is 9.62 Å². The molecule has 2 rings (SSSR count). The third kappa shape index (κ3) is 2.82. The molecule has 1 heterocycles. The van der Waals surface area contributed by atoms with Crippen LogP contribution in [0.4, 0.5) is 5.69 Å². The summed E-state index contributed by atoms with van der Waals surface area (Å²) in [4.78, 5) is 0. The van der Waals surface area contributed by atoms with E-state index in [1.165, 1.54) is 4.31 Å². The minimum Gasteiger partial charge on any atom is -0.320 e. The van der Waals surface area contributed by atoms with Gasteiger partial charge in [-0.25, -0.2) is 0 Å². The van der Waals surface area contributed by atoms with Crippen LogP contribution in [-0.2, 0) is 16.6 Å². The van der Waals surface area contributed by atoms with Crippen molar-refractivity contribution in [1.29, 1.82) is 0 Å². The maximum absolute atomic E-state index is 12.7. The van der Waals surface area contributed by atoms with Crippen molar-refractivity contribution in [2.45, 2.75) is 25.8 Å². The molecule has 1 atom stereocenters. The molecule has 1 aliphatic rings. The molecule has 0 aliphatic carbocycles. The van der Waals surface area contributed by atoms with Crippen LogP contribution in [0.1, 0.15) is 18.9 Å². The Bertz CT molecular complexity index is 559. The van der Waals surface area contributed by atoms with Gasteiger partial charge in [-0.2, -0.15) is 12.7 Å². The maximum Gasteiger partial charge on any atom is 0.304 e. The van der Waals surface area contributed by atoms with E-state index in [2.05, 4.69) is 5.32 Å². The monoisotopic (exact) mass is 297 g/mol. The number of benzene rings is 1. The topological polar surface area (TPSA) is 52.7 Å². The standard InChI is InChI=1S/C14H23N3O2S/c1-12-11-13-7-4-5-8-14(13)17(12)20(18,19)16(3)10-6-9-15-2/h4-5,7-8,12,15H,6,9-11H2,1-3H3. The van der Waals surface area contributed by atoms with Gasteiger partial charge in [0.15, 0.2) is 0 Å². The Kier molecular flexibility index (Phi) is 4.67. The Morgan fingerprint density at radius 3 is 2.80 bits per heavy atom. The summed E-state index contributed by atoms with van der Waals surface area (Å²) >= 11 is 0. The van der Waals surface area contributed by atoms with E-state index in [1.807, 2.05) is 38.2 Å². The normalized spacial score (nSPS) is 18.6. The molecule has 1 unspecified atom stereocenters. The molecule has 0 saturated heterocycles. The van der Waals surface area contributed by atoms with Gasteiger partial charge in [0.05, 0.1) is 5.69 Å². The molecule has 0 bridgehead atoms. The second kappa shape index (κ2) is 6.11. The zero-order valence-corrected chi connectivity index (χ0v) is 13.2. The molecular weight excluding hydrogens is 274 g/mol. The highest BCUT2D eigenvalue weighted by atomic mass is 32.2.